The van der Waals surface area contributed by atoms with E-state index in [2.05, 4.69) is 4.98 Å². The number of hydrogen-bond donors (Lipinski definition) is 0. The molecule has 1 aromatic heterocycles. The first-order chi connectivity index (χ1) is 16.1. The molecule has 0 unspecified atom stereocenters. The molecule has 1 fully saturated rings. The second-order valence-corrected chi connectivity index (χ2v) is 8.87. The Bertz CT molecular complexity index is 1220. The Morgan fingerprint density at radius 2 is 1.88 bits per heavy atom. The van der Waals surface area contributed by atoms with E-state index >= 15 is 0 Å². The summed E-state index contributed by atoms with van der Waals surface area (Å²) < 4.78 is 53.2. The fourth-order valence-corrected chi connectivity index (χ4v) is 5.08. The zero-order chi connectivity index (χ0) is 24.5. The number of carbonyl (C=O) groups is 1. The fraction of sp³-hybridized carbons (Fsp3) is 0.304. The summed E-state index contributed by atoms with van der Waals surface area (Å²) in [5, 5.41) is 13.8. The van der Waals surface area contributed by atoms with E-state index in [9.17, 15) is 32.5 Å². The van der Waals surface area contributed by atoms with Gasteiger partial charge >= 0.3 is 6.18 Å². The fourth-order valence-electron chi connectivity index (χ4n) is 4.08. The molecule has 0 saturated carbocycles. The van der Waals surface area contributed by atoms with Gasteiger partial charge in [0.2, 0.25) is 5.91 Å². The van der Waals surface area contributed by atoms with E-state index in [4.69, 9.17) is 0 Å². The van der Waals surface area contributed by atoms with Gasteiger partial charge < -0.3 is 4.90 Å². The number of para-hydroxylation sites is 1. The molecule has 2 aromatic carbocycles. The van der Waals surface area contributed by atoms with Crippen molar-refractivity contribution in [2.75, 3.05) is 13.1 Å². The number of thiazole rings is 1. The number of nitro groups is 1. The topological polar surface area (TPSA) is 76.3 Å². The van der Waals surface area contributed by atoms with Crippen LogP contribution in [-0.4, -0.2) is 33.8 Å². The van der Waals surface area contributed by atoms with Crippen molar-refractivity contribution in [3.63, 3.8) is 0 Å². The number of nitro benzene ring substituents is 1. The Morgan fingerprint density at radius 1 is 1.18 bits per heavy atom. The number of benzene rings is 2. The van der Waals surface area contributed by atoms with Crippen LogP contribution in [0.2, 0.25) is 0 Å². The lowest BCUT2D eigenvalue weighted by Gasteiger charge is -2.31. The van der Waals surface area contributed by atoms with Crippen LogP contribution in [0.1, 0.15) is 34.9 Å². The number of hydrogen-bond acceptors (Lipinski definition) is 5. The number of halogens is 4. The normalized spacial score (nSPS) is 14.9. The Balaban J connectivity index is 1.42. The molecule has 1 aliphatic heterocycles. The summed E-state index contributed by atoms with van der Waals surface area (Å²) in [6.07, 6.45) is -4.08. The Labute approximate surface area is 196 Å². The van der Waals surface area contributed by atoms with E-state index in [1.165, 1.54) is 22.3 Å². The number of amides is 1. The minimum atomic E-state index is -4.67. The highest BCUT2D eigenvalue weighted by Crippen LogP contribution is 2.36. The Kier molecular flexibility index (Phi) is 6.65. The van der Waals surface area contributed by atoms with Crippen molar-refractivity contribution in [1.29, 1.82) is 0 Å². The molecule has 0 aliphatic carbocycles. The maximum absolute atomic E-state index is 13.5. The molecule has 6 nitrogen and oxygen atoms in total. The molecule has 0 N–H and O–H groups in total. The highest BCUT2D eigenvalue weighted by atomic mass is 32.1. The standard InChI is InChI=1S/C23H19F4N3O3S/c24-16-5-6-18(23(25,26)27)15(11-16)12-21(31)29-9-7-14(8-10-29)22-28-19(13-34-22)17-3-1-2-4-20(17)30(32)33/h1-6,11,13-14H,7-10,12H2. The number of carbonyl (C=O) groups excluding carboxylic acids is 1. The van der Waals surface area contributed by atoms with Crippen LogP contribution in [0, 0.1) is 15.9 Å². The monoisotopic (exact) mass is 493 g/mol. The number of aromatic nitrogens is 1. The van der Waals surface area contributed by atoms with Crippen LogP contribution in [0.4, 0.5) is 23.2 Å². The molecule has 34 heavy (non-hydrogen) atoms. The van der Waals surface area contributed by atoms with Gasteiger partial charge in [0.1, 0.15) is 5.82 Å². The van der Waals surface area contributed by atoms with Gasteiger partial charge in [0.25, 0.3) is 5.69 Å². The van der Waals surface area contributed by atoms with Gasteiger partial charge in [-0.1, -0.05) is 12.1 Å². The lowest BCUT2D eigenvalue weighted by Crippen LogP contribution is -2.39. The molecular weight excluding hydrogens is 474 g/mol. The number of likely N-dealkylation sites (tertiary alicyclic amines) is 1. The number of piperidine rings is 1. The van der Waals surface area contributed by atoms with Crippen LogP contribution in [0.5, 0.6) is 0 Å². The third kappa shape index (κ3) is 5.09. The number of rotatable bonds is 5. The van der Waals surface area contributed by atoms with Crippen LogP contribution >= 0.6 is 11.3 Å². The smallest absolute Gasteiger partial charge is 0.342 e. The first-order valence-electron chi connectivity index (χ1n) is 10.5. The van der Waals surface area contributed by atoms with E-state index in [1.807, 2.05) is 0 Å². The lowest BCUT2D eigenvalue weighted by atomic mass is 9.96. The highest BCUT2D eigenvalue weighted by molar-refractivity contribution is 7.10. The SMILES string of the molecule is O=C(Cc1cc(F)ccc1C(F)(F)F)N1CCC(c2nc(-c3ccccc3[N+](=O)[O-])cs2)CC1. The van der Waals surface area contributed by atoms with E-state index < -0.39 is 34.8 Å². The van der Waals surface area contributed by atoms with Gasteiger partial charge in [-0.2, -0.15) is 13.2 Å². The number of nitrogens with zero attached hydrogens (tertiary/aromatic N) is 3. The van der Waals surface area contributed by atoms with Crippen molar-refractivity contribution >= 4 is 22.9 Å². The van der Waals surface area contributed by atoms with Crippen molar-refractivity contribution in [3.05, 3.63) is 79.9 Å². The summed E-state index contributed by atoms with van der Waals surface area (Å²) in [4.78, 5) is 29.5. The summed E-state index contributed by atoms with van der Waals surface area (Å²) >= 11 is 1.39. The van der Waals surface area contributed by atoms with Crippen molar-refractivity contribution in [2.24, 2.45) is 0 Å². The van der Waals surface area contributed by atoms with Gasteiger partial charge in [0, 0.05) is 30.5 Å². The molecule has 4 rings (SSSR count). The summed E-state index contributed by atoms with van der Waals surface area (Å²) in [5.41, 5.74) is -0.485. The van der Waals surface area contributed by atoms with E-state index in [-0.39, 0.29) is 17.2 Å². The summed E-state index contributed by atoms with van der Waals surface area (Å²) in [5.74, 6) is -1.28. The van der Waals surface area contributed by atoms with Crippen LogP contribution in [-0.2, 0) is 17.4 Å². The van der Waals surface area contributed by atoms with Gasteiger partial charge in [-0.3, -0.25) is 14.9 Å². The van der Waals surface area contributed by atoms with E-state index in [0.717, 1.165) is 17.1 Å². The molecule has 0 spiro atoms. The predicted octanol–water partition coefficient (Wildman–Crippen LogP) is 5.82. The molecular formula is C23H19F4N3O3S. The van der Waals surface area contributed by atoms with Gasteiger partial charge in [-0.15, -0.1) is 11.3 Å². The van der Waals surface area contributed by atoms with E-state index in [0.29, 0.717) is 43.3 Å². The summed E-state index contributed by atoms with van der Waals surface area (Å²) in [7, 11) is 0. The average Bonchev–Trinajstić information content (AvgIpc) is 3.28. The molecule has 3 aromatic rings. The van der Waals surface area contributed by atoms with Crippen LogP contribution in [0.15, 0.2) is 47.8 Å². The highest BCUT2D eigenvalue weighted by Gasteiger charge is 2.35. The van der Waals surface area contributed by atoms with Crippen molar-refractivity contribution < 1.29 is 27.3 Å². The molecule has 0 bridgehead atoms. The lowest BCUT2D eigenvalue weighted by molar-refractivity contribution is -0.384. The second-order valence-electron chi connectivity index (χ2n) is 7.98. The van der Waals surface area contributed by atoms with Crippen molar-refractivity contribution in [1.82, 2.24) is 9.88 Å². The van der Waals surface area contributed by atoms with Gasteiger partial charge in [-0.05, 0) is 42.7 Å². The quantitative estimate of drug-likeness (QED) is 0.255. The first-order valence-corrected chi connectivity index (χ1v) is 11.3. The summed E-state index contributed by atoms with van der Waals surface area (Å²) in [6.45, 7) is 0.668. The molecule has 11 heteroatoms. The number of alkyl halides is 3. The summed E-state index contributed by atoms with van der Waals surface area (Å²) in [6, 6.07) is 8.49. The molecule has 0 radical (unpaired) electrons. The first kappa shape index (κ1) is 23.8. The third-order valence-corrected chi connectivity index (χ3v) is 6.82. The Hall–Kier alpha value is -3.34. The third-order valence-electron chi connectivity index (χ3n) is 5.81. The second kappa shape index (κ2) is 9.49. The van der Waals surface area contributed by atoms with Gasteiger partial charge in [-0.25, -0.2) is 9.37 Å². The average molecular weight is 493 g/mol. The van der Waals surface area contributed by atoms with Crippen LogP contribution in [0.25, 0.3) is 11.3 Å². The maximum Gasteiger partial charge on any atom is 0.416 e. The van der Waals surface area contributed by atoms with Gasteiger partial charge in [0.15, 0.2) is 0 Å². The molecule has 2 heterocycles. The van der Waals surface area contributed by atoms with Crippen LogP contribution < -0.4 is 0 Å². The largest absolute Gasteiger partial charge is 0.416 e. The maximum atomic E-state index is 13.5. The zero-order valence-electron chi connectivity index (χ0n) is 17.7. The predicted molar refractivity (Wildman–Crippen MR) is 118 cm³/mol. The molecule has 1 saturated heterocycles. The molecule has 178 valence electrons. The van der Waals surface area contributed by atoms with E-state index in [1.54, 1.807) is 23.6 Å². The van der Waals surface area contributed by atoms with Crippen LogP contribution in [0.3, 0.4) is 0 Å². The van der Waals surface area contributed by atoms with Gasteiger partial charge in [0.05, 0.1) is 33.2 Å². The molecule has 1 amide bonds. The minimum Gasteiger partial charge on any atom is -0.342 e. The molecule has 0 atom stereocenters. The Morgan fingerprint density at radius 3 is 2.56 bits per heavy atom. The van der Waals surface area contributed by atoms with Crippen molar-refractivity contribution in [3.8, 4) is 11.3 Å². The van der Waals surface area contributed by atoms with Crippen molar-refractivity contribution in [2.45, 2.75) is 31.4 Å². The minimum absolute atomic E-state index is 0.0321. The molecule has 1 aliphatic rings. The zero-order valence-corrected chi connectivity index (χ0v) is 18.5.